The maximum atomic E-state index is 13.5. The molecule has 0 bridgehead atoms. The van der Waals surface area contributed by atoms with Crippen LogP contribution in [0.1, 0.15) is 17.8 Å². The molecule has 1 heterocycles. The van der Waals surface area contributed by atoms with Crippen LogP contribution in [0.15, 0.2) is 18.3 Å². The van der Waals surface area contributed by atoms with Gasteiger partial charge in [-0.3, -0.25) is 13.8 Å². The van der Waals surface area contributed by atoms with Crippen molar-refractivity contribution in [3.8, 4) is 11.3 Å². The number of aliphatic hydroxyl groups is 2. The summed E-state index contributed by atoms with van der Waals surface area (Å²) in [6.45, 7) is 3.53. The molecule has 0 aliphatic heterocycles. The zero-order chi connectivity index (χ0) is 19.0. The minimum absolute atomic E-state index is 0. The predicted molar refractivity (Wildman–Crippen MR) is 86.3 cm³/mol. The number of hydrogen-bond donors (Lipinski definition) is 2. The topological polar surface area (TPSA) is 84.7 Å². The van der Waals surface area contributed by atoms with Crippen molar-refractivity contribution in [2.75, 3.05) is 14.2 Å². The number of ether oxygens (including phenoxy) is 2. The molecule has 9 heteroatoms. The van der Waals surface area contributed by atoms with Crippen LogP contribution >= 0.6 is 0 Å². The monoisotopic (exact) mass is 548 g/mol. The van der Waals surface area contributed by atoms with Crippen LogP contribution in [0.2, 0.25) is 0 Å². The van der Waals surface area contributed by atoms with E-state index in [0.29, 0.717) is 11.4 Å². The van der Waals surface area contributed by atoms with Crippen molar-refractivity contribution < 1.29 is 48.6 Å². The number of aryl methyl sites for hydroxylation is 2. The minimum Gasteiger partial charge on any atom is -0.368 e. The standard InChI is InChI=1S/C12H9F2N2.C5H12O4.Ir/c1-7-6-15-12(8(2)16-7)10-4-3-9(13)5-11(10)14;1-8-4(6)3-5(7)9-2;/h3,5-6H,1-2H3;4-7H,3H2,1-2H3;/q-1;;. The van der Waals surface area contributed by atoms with Gasteiger partial charge in [0.25, 0.3) is 0 Å². The van der Waals surface area contributed by atoms with Crippen LogP contribution in [-0.2, 0) is 29.6 Å². The molecule has 26 heavy (non-hydrogen) atoms. The van der Waals surface area contributed by atoms with E-state index in [-0.39, 0.29) is 32.1 Å². The summed E-state index contributed by atoms with van der Waals surface area (Å²) in [7, 11) is 2.71. The van der Waals surface area contributed by atoms with Gasteiger partial charge in [0.1, 0.15) is 0 Å². The van der Waals surface area contributed by atoms with Gasteiger partial charge in [0.2, 0.25) is 0 Å². The maximum absolute atomic E-state index is 13.5. The molecule has 0 aliphatic rings. The van der Waals surface area contributed by atoms with Gasteiger partial charge in [0.15, 0.2) is 12.6 Å². The molecule has 2 unspecified atom stereocenters. The first-order valence-electron chi connectivity index (χ1n) is 7.37. The number of aliphatic hydroxyl groups excluding tert-OH is 2. The second-order valence-corrected chi connectivity index (χ2v) is 5.10. The van der Waals surface area contributed by atoms with Crippen molar-refractivity contribution in [3.63, 3.8) is 0 Å². The SMILES string of the molecule is COC(O)CC(O)OC.Cc1cnc(-c2[c-]cc(F)cc2F)c(C)n1.[Ir]. The van der Waals surface area contributed by atoms with E-state index >= 15 is 0 Å². The molecule has 1 aromatic heterocycles. The van der Waals surface area contributed by atoms with E-state index in [9.17, 15) is 8.78 Å². The Kier molecular flexibility index (Phi) is 11.5. The Morgan fingerprint density at radius 1 is 1.15 bits per heavy atom. The van der Waals surface area contributed by atoms with E-state index in [1.54, 1.807) is 20.0 Å². The first kappa shape index (κ1) is 24.6. The Hall–Kier alpha value is -1.35. The van der Waals surface area contributed by atoms with Crippen LogP contribution in [-0.4, -0.2) is 47.0 Å². The van der Waals surface area contributed by atoms with E-state index in [0.717, 1.165) is 17.8 Å². The first-order valence-corrected chi connectivity index (χ1v) is 7.37. The summed E-state index contributed by atoms with van der Waals surface area (Å²) in [6, 6.07) is 4.42. The largest absolute Gasteiger partial charge is 0.368 e. The third-order valence-electron chi connectivity index (χ3n) is 3.11. The van der Waals surface area contributed by atoms with Crippen molar-refractivity contribution >= 4 is 0 Å². The third kappa shape index (κ3) is 7.90. The van der Waals surface area contributed by atoms with Crippen LogP contribution in [0.5, 0.6) is 0 Å². The fraction of sp³-hybridized carbons (Fsp3) is 0.412. The van der Waals surface area contributed by atoms with Gasteiger partial charge in [0.05, 0.1) is 5.69 Å². The van der Waals surface area contributed by atoms with E-state index in [1.165, 1.54) is 14.2 Å². The number of aromatic nitrogens is 2. The molecule has 6 nitrogen and oxygen atoms in total. The second-order valence-electron chi connectivity index (χ2n) is 5.10. The Bertz CT molecular complexity index is 634. The molecule has 0 spiro atoms. The van der Waals surface area contributed by atoms with E-state index in [2.05, 4.69) is 25.5 Å². The molecular formula is C17H21F2IrN2O4-. The molecule has 0 amide bonds. The van der Waals surface area contributed by atoms with Crippen LogP contribution in [0, 0.1) is 31.5 Å². The number of halogens is 2. The molecule has 0 saturated heterocycles. The van der Waals surface area contributed by atoms with Crippen molar-refractivity contribution in [1.82, 2.24) is 9.97 Å². The zero-order valence-corrected chi connectivity index (χ0v) is 17.2. The van der Waals surface area contributed by atoms with Gasteiger partial charge in [-0.2, -0.15) is 0 Å². The van der Waals surface area contributed by atoms with Crippen molar-refractivity contribution in [1.29, 1.82) is 0 Å². The molecule has 1 aromatic carbocycles. The summed E-state index contributed by atoms with van der Waals surface area (Å²) in [5.41, 5.74) is 1.89. The van der Waals surface area contributed by atoms with Crippen molar-refractivity contribution in [3.05, 3.63) is 47.4 Å². The molecular weight excluding hydrogens is 526 g/mol. The fourth-order valence-corrected chi connectivity index (χ4v) is 1.83. The molecule has 2 N–H and O–H groups in total. The number of hydrogen-bond acceptors (Lipinski definition) is 6. The minimum atomic E-state index is -0.944. The molecule has 1 radical (unpaired) electrons. The Balaban J connectivity index is 0.000000543. The first-order chi connectivity index (χ1) is 11.8. The van der Waals surface area contributed by atoms with Crippen LogP contribution in [0.4, 0.5) is 8.78 Å². The van der Waals surface area contributed by atoms with Gasteiger partial charge in [0, 0.05) is 70.0 Å². The van der Waals surface area contributed by atoms with Gasteiger partial charge < -0.3 is 24.7 Å². The summed E-state index contributed by atoms with van der Waals surface area (Å²) >= 11 is 0. The molecule has 147 valence electrons. The maximum Gasteiger partial charge on any atom is 0.158 e. The van der Waals surface area contributed by atoms with Gasteiger partial charge in [-0.15, -0.1) is 12.1 Å². The Morgan fingerprint density at radius 3 is 2.19 bits per heavy atom. The molecule has 2 rings (SSSR count). The van der Waals surface area contributed by atoms with Crippen LogP contribution in [0.25, 0.3) is 11.3 Å². The summed E-state index contributed by atoms with van der Waals surface area (Å²) in [5.74, 6) is -1.33. The van der Waals surface area contributed by atoms with Crippen LogP contribution in [0.3, 0.4) is 0 Å². The molecule has 2 aromatic rings. The molecule has 0 aliphatic carbocycles. The number of benzene rings is 1. The van der Waals surface area contributed by atoms with Crippen LogP contribution < -0.4 is 0 Å². The summed E-state index contributed by atoms with van der Waals surface area (Å²) < 4.78 is 35.1. The third-order valence-corrected chi connectivity index (χ3v) is 3.11. The van der Waals surface area contributed by atoms with E-state index in [4.69, 9.17) is 10.2 Å². The van der Waals surface area contributed by atoms with Gasteiger partial charge >= 0.3 is 0 Å². The Morgan fingerprint density at radius 2 is 1.73 bits per heavy atom. The quantitative estimate of drug-likeness (QED) is 0.441. The summed E-state index contributed by atoms with van der Waals surface area (Å²) in [4.78, 5) is 8.25. The van der Waals surface area contributed by atoms with Crippen molar-refractivity contribution in [2.45, 2.75) is 32.8 Å². The summed E-state index contributed by atoms with van der Waals surface area (Å²) in [5, 5.41) is 17.4. The van der Waals surface area contributed by atoms with Gasteiger partial charge in [-0.05, 0) is 13.8 Å². The average molecular weight is 548 g/mol. The summed E-state index contributed by atoms with van der Waals surface area (Å²) in [6.07, 6.45) is -0.272. The van der Waals surface area contributed by atoms with Gasteiger partial charge in [-0.1, -0.05) is 11.6 Å². The fourth-order valence-electron chi connectivity index (χ4n) is 1.83. The smallest absolute Gasteiger partial charge is 0.158 e. The van der Waals surface area contributed by atoms with E-state index in [1.807, 2.05) is 0 Å². The Labute approximate surface area is 164 Å². The second kappa shape index (κ2) is 12.1. The van der Waals surface area contributed by atoms with Crippen molar-refractivity contribution in [2.24, 2.45) is 0 Å². The van der Waals surface area contributed by atoms with E-state index < -0.39 is 24.2 Å². The number of rotatable bonds is 5. The molecule has 0 saturated carbocycles. The molecule has 2 atom stereocenters. The number of nitrogens with zero attached hydrogens (tertiary/aromatic N) is 2. The zero-order valence-electron chi connectivity index (χ0n) is 14.8. The normalized spacial score (nSPS) is 12.5. The van der Waals surface area contributed by atoms with Gasteiger partial charge in [-0.25, -0.2) is 0 Å². The molecule has 0 fully saturated rings. The average Bonchev–Trinajstić information content (AvgIpc) is 2.56. The number of methoxy groups -OCH3 is 2. The predicted octanol–water partition coefficient (Wildman–Crippen LogP) is 2.14.